The largest absolute Gasteiger partial charge is 0.497 e. The van der Waals surface area contributed by atoms with Crippen LogP contribution in [0.25, 0.3) is 0 Å². The number of methoxy groups -OCH3 is 1. The molecule has 3 rings (SSSR count). The van der Waals surface area contributed by atoms with Crippen LogP contribution in [0.2, 0.25) is 0 Å². The molecule has 0 radical (unpaired) electrons. The summed E-state index contributed by atoms with van der Waals surface area (Å²) in [4.78, 5) is 52.6. The minimum absolute atomic E-state index is 0.0845. The second-order valence-corrected chi connectivity index (χ2v) is 7.60. The number of hydrogen-bond donors (Lipinski definition) is 1. The maximum absolute atomic E-state index is 12.6. The van der Waals surface area contributed by atoms with Crippen LogP contribution in [0.1, 0.15) is 46.0 Å². The molecule has 1 N–H and O–H groups in total. The molecule has 0 bridgehead atoms. The van der Waals surface area contributed by atoms with Gasteiger partial charge in [0.15, 0.2) is 0 Å². The first-order valence-corrected chi connectivity index (χ1v) is 10.5. The van der Waals surface area contributed by atoms with E-state index in [0.717, 1.165) is 5.56 Å². The Kier molecular flexibility index (Phi) is 7.25. The fourth-order valence-corrected chi connectivity index (χ4v) is 3.61. The van der Waals surface area contributed by atoms with Gasteiger partial charge in [-0.05, 0) is 44.5 Å². The number of hydrogen-bond acceptors (Lipinski definition) is 5. The molecular formula is C24H27N3O5. The summed E-state index contributed by atoms with van der Waals surface area (Å²) in [5.41, 5.74) is 2.30. The third-order valence-electron chi connectivity index (χ3n) is 5.32. The maximum Gasteiger partial charge on any atom is 0.261 e. The van der Waals surface area contributed by atoms with E-state index in [0.29, 0.717) is 35.5 Å². The highest BCUT2D eigenvalue weighted by Crippen LogP contribution is 2.24. The van der Waals surface area contributed by atoms with Crippen LogP contribution in [0.15, 0.2) is 42.5 Å². The molecule has 0 atom stereocenters. The van der Waals surface area contributed by atoms with Crippen molar-refractivity contribution in [3.05, 3.63) is 59.2 Å². The highest BCUT2D eigenvalue weighted by atomic mass is 16.5. The Bertz CT molecular complexity index is 1050. The fourth-order valence-electron chi connectivity index (χ4n) is 3.61. The van der Waals surface area contributed by atoms with E-state index in [4.69, 9.17) is 4.74 Å². The number of likely N-dealkylation sites (N-methyl/N-ethyl adjacent to an activating group) is 1. The number of nitrogens with one attached hydrogen (secondary N) is 1. The molecule has 2 aromatic rings. The lowest BCUT2D eigenvalue weighted by Crippen LogP contribution is -2.38. The van der Waals surface area contributed by atoms with Crippen LogP contribution in [0.3, 0.4) is 0 Å². The molecule has 0 spiro atoms. The topological polar surface area (TPSA) is 96.0 Å². The normalized spacial score (nSPS) is 12.5. The number of nitrogens with zero attached hydrogens (tertiary/aromatic N) is 2. The number of anilines is 1. The van der Waals surface area contributed by atoms with E-state index in [2.05, 4.69) is 5.32 Å². The van der Waals surface area contributed by atoms with Gasteiger partial charge in [-0.3, -0.25) is 24.1 Å². The van der Waals surface area contributed by atoms with E-state index in [1.807, 2.05) is 6.92 Å². The highest BCUT2D eigenvalue weighted by molar-refractivity contribution is 6.21. The van der Waals surface area contributed by atoms with E-state index in [1.165, 1.54) is 9.80 Å². The summed E-state index contributed by atoms with van der Waals surface area (Å²) in [7, 11) is 1.54. The van der Waals surface area contributed by atoms with Gasteiger partial charge in [0, 0.05) is 31.3 Å². The van der Waals surface area contributed by atoms with Gasteiger partial charge in [0.1, 0.15) is 5.75 Å². The number of imide groups is 1. The average molecular weight is 437 g/mol. The fraction of sp³-hybridized carbons (Fsp3) is 0.333. The van der Waals surface area contributed by atoms with Crippen LogP contribution in [-0.2, 0) is 9.59 Å². The van der Waals surface area contributed by atoms with Gasteiger partial charge in [0.05, 0.1) is 24.8 Å². The minimum Gasteiger partial charge on any atom is -0.497 e. The zero-order valence-electron chi connectivity index (χ0n) is 18.5. The van der Waals surface area contributed by atoms with Crippen molar-refractivity contribution in [1.29, 1.82) is 0 Å². The predicted octanol–water partition coefficient (Wildman–Crippen LogP) is 2.87. The number of fused-ring (bicyclic) bond motifs is 1. The first-order chi connectivity index (χ1) is 15.3. The Hall–Kier alpha value is -3.68. The van der Waals surface area contributed by atoms with Crippen molar-refractivity contribution < 1.29 is 23.9 Å². The van der Waals surface area contributed by atoms with Crippen molar-refractivity contribution >= 4 is 29.3 Å². The third kappa shape index (κ3) is 5.14. The Balaban J connectivity index is 1.50. The van der Waals surface area contributed by atoms with Crippen molar-refractivity contribution in [2.45, 2.75) is 26.7 Å². The van der Waals surface area contributed by atoms with Crippen molar-refractivity contribution in [2.24, 2.45) is 0 Å². The average Bonchev–Trinajstić information content (AvgIpc) is 3.01. The first-order valence-electron chi connectivity index (χ1n) is 10.5. The smallest absolute Gasteiger partial charge is 0.261 e. The SMILES string of the molecule is CCN(CC(=O)Nc1cccc(OC)c1)C(=O)CCCN1C(=O)c2ccc(C)cc2C1=O. The van der Waals surface area contributed by atoms with Crippen LogP contribution in [0.5, 0.6) is 5.75 Å². The molecule has 0 saturated heterocycles. The summed E-state index contributed by atoms with van der Waals surface area (Å²) in [5.74, 6) is -0.562. The van der Waals surface area contributed by atoms with Crippen LogP contribution in [0, 0.1) is 6.92 Å². The molecule has 32 heavy (non-hydrogen) atoms. The molecule has 2 aromatic carbocycles. The summed E-state index contributed by atoms with van der Waals surface area (Å²) < 4.78 is 5.14. The maximum atomic E-state index is 12.6. The molecule has 168 valence electrons. The van der Waals surface area contributed by atoms with Gasteiger partial charge < -0.3 is 15.0 Å². The molecule has 1 aliphatic rings. The molecule has 8 nitrogen and oxygen atoms in total. The van der Waals surface area contributed by atoms with Gasteiger partial charge in [-0.15, -0.1) is 0 Å². The number of carbonyl (C=O) groups is 4. The second-order valence-electron chi connectivity index (χ2n) is 7.60. The summed E-state index contributed by atoms with van der Waals surface area (Å²) >= 11 is 0. The molecular weight excluding hydrogens is 410 g/mol. The standard InChI is InChI=1S/C24H27N3O5/c1-4-26(15-21(28)25-17-7-5-8-18(14-17)32-3)22(29)9-6-12-27-23(30)19-11-10-16(2)13-20(19)24(27)31/h5,7-8,10-11,13-14H,4,6,9,12,15H2,1-3H3,(H,25,28). The third-order valence-corrected chi connectivity index (χ3v) is 5.32. The molecule has 4 amide bonds. The summed E-state index contributed by atoms with van der Waals surface area (Å²) in [6.07, 6.45) is 0.462. The number of aryl methyl sites for hydroxylation is 1. The highest BCUT2D eigenvalue weighted by Gasteiger charge is 2.35. The summed E-state index contributed by atoms with van der Waals surface area (Å²) in [5, 5.41) is 2.75. The van der Waals surface area contributed by atoms with Crippen molar-refractivity contribution in [2.75, 3.05) is 32.1 Å². The van der Waals surface area contributed by atoms with Crippen LogP contribution in [-0.4, -0.2) is 60.2 Å². The van der Waals surface area contributed by atoms with Gasteiger partial charge >= 0.3 is 0 Å². The van der Waals surface area contributed by atoms with Gasteiger partial charge in [-0.2, -0.15) is 0 Å². The minimum atomic E-state index is -0.331. The van der Waals surface area contributed by atoms with Crippen LogP contribution >= 0.6 is 0 Å². The van der Waals surface area contributed by atoms with E-state index in [1.54, 1.807) is 56.5 Å². The molecule has 0 fully saturated rings. The molecule has 1 aliphatic heterocycles. The second kappa shape index (κ2) is 10.1. The quantitative estimate of drug-likeness (QED) is 0.609. The molecule has 0 aromatic heterocycles. The van der Waals surface area contributed by atoms with E-state index in [9.17, 15) is 19.2 Å². The van der Waals surface area contributed by atoms with Gasteiger partial charge in [0.25, 0.3) is 11.8 Å². The van der Waals surface area contributed by atoms with Gasteiger partial charge in [-0.25, -0.2) is 0 Å². The Morgan fingerprint density at radius 1 is 1.06 bits per heavy atom. The molecule has 8 heteroatoms. The lowest BCUT2D eigenvalue weighted by Gasteiger charge is -2.21. The monoisotopic (exact) mass is 437 g/mol. The Morgan fingerprint density at radius 2 is 1.81 bits per heavy atom. The van der Waals surface area contributed by atoms with Crippen molar-refractivity contribution in [1.82, 2.24) is 9.80 Å². The summed E-state index contributed by atoms with van der Waals surface area (Å²) in [6, 6.07) is 12.1. The van der Waals surface area contributed by atoms with E-state index >= 15 is 0 Å². The van der Waals surface area contributed by atoms with Gasteiger partial charge in [0.2, 0.25) is 11.8 Å². The zero-order chi connectivity index (χ0) is 23.3. The number of amides is 4. The first kappa shape index (κ1) is 23.0. The molecule has 0 saturated carbocycles. The lowest BCUT2D eigenvalue weighted by atomic mass is 10.1. The van der Waals surface area contributed by atoms with E-state index in [-0.39, 0.29) is 43.1 Å². The van der Waals surface area contributed by atoms with Crippen molar-refractivity contribution in [3.8, 4) is 5.75 Å². The number of benzene rings is 2. The number of ether oxygens (including phenoxy) is 1. The Morgan fingerprint density at radius 3 is 2.53 bits per heavy atom. The Labute approximate surface area is 187 Å². The summed E-state index contributed by atoms with van der Waals surface area (Å²) in [6.45, 7) is 4.10. The van der Waals surface area contributed by atoms with Crippen molar-refractivity contribution in [3.63, 3.8) is 0 Å². The molecule has 0 unspecified atom stereocenters. The van der Waals surface area contributed by atoms with E-state index < -0.39 is 0 Å². The molecule has 0 aliphatic carbocycles. The number of carbonyl (C=O) groups excluding carboxylic acids is 4. The van der Waals surface area contributed by atoms with Crippen LogP contribution in [0.4, 0.5) is 5.69 Å². The molecule has 1 heterocycles. The zero-order valence-corrected chi connectivity index (χ0v) is 18.5. The van der Waals surface area contributed by atoms with Gasteiger partial charge in [-0.1, -0.05) is 17.7 Å². The lowest BCUT2D eigenvalue weighted by molar-refractivity contribution is -0.134. The van der Waals surface area contributed by atoms with Crippen LogP contribution < -0.4 is 10.1 Å². The predicted molar refractivity (Wildman–Crippen MR) is 120 cm³/mol. The number of rotatable bonds is 9.